The molecule has 0 bridgehead atoms. The fourth-order valence-corrected chi connectivity index (χ4v) is 2.80. The van der Waals surface area contributed by atoms with Gasteiger partial charge in [-0.25, -0.2) is 14.2 Å². The molecule has 0 unspecified atom stereocenters. The van der Waals surface area contributed by atoms with Crippen molar-refractivity contribution in [3.05, 3.63) is 63.3 Å². The Kier molecular flexibility index (Phi) is 3.86. The van der Waals surface area contributed by atoms with E-state index in [1.165, 1.54) is 16.6 Å². The lowest BCUT2D eigenvalue weighted by atomic mass is 10.3. The predicted molar refractivity (Wildman–Crippen MR) is 101 cm³/mol. The molecule has 29 heavy (non-hydrogen) atoms. The maximum atomic E-state index is 13.2. The molecule has 5 rings (SSSR count). The van der Waals surface area contributed by atoms with E-state index in [4.69, 9.17) is 0 Å². The van der Waals surface area contributed by atoms with E-state index in [1.54, 1.807) is 24.4 Å². The van der Waals surface area contributed by atoms with Crippen LogP contribution in [0.3, 0.4) is 0 Å². The molecule has 0 spiro atoms. The van der Waals surface area contributed by atoms with E-state index in [9.17, 15) is 14.3 Å². The van der Waals surface area contributed by atoms with Crippen LogP contribution >= 0.6 is 0 Å². The van der Waals surface area contributed by atoms with Crippen LogP contribution in [0.4, 0.5) is 16.0 Å². The zero-order valence-corrected chi connectivity index (χ0v) is 14.9. The van der Waals surface area contributed by atoms with E-state index in [0.29, 0.717) is 22.2 Å². The van der Waals surface area contributed by atoms with Crippen LogP contribution in [-0.4, -0.2) is 40.7 Å². The molecule has 10 nitrogen and oxygen atoms in total. The van der Waals surface area contributed by atoms with Gasteiger partial charge in [0.15, 0.2) is 5.65 Å². The molecule has 146 valence electrons. The van der Waals surface area contributed by atoms with Crippen molar-refractivity contribution in [1.82, 2.24) is 29.5 Å². The second-order valence-corrected chi connectivity index (χ2v) is 6.66. The Morgan fingerprint density at radius 1 is 1.24 bits per heavy atom. The largest absolute Gasteiger partial charge is 0.493 e. The van der Waals surface area contributed by atoms with Crippen LogP contribution in [0.25, 0.3) is 11.7 Å². The van der Waals surface area contributed by atoms with Crippen molar-refractivity contribution in [1.29, 1.82) is 0 Å². The first-order valence-corrected chi connectivity index (χ1v) is 8.90. The topological polar surface area (TPSA) is 136 Å². The summed E-state index contributed by atoms with van der Waals surface area (Å²) in [5.74, 6) is -0.356. The molecule has 4 N–H and O–H groups in total. The van der Waals surface area contributed by atoms with Gasteiger partial charge in [0, 0.05) is 10.9 Å². The number of anilines is 2. The number of fused-ring (bicyclic) bond motifs is 1. The van der Waals surface area contributed by atoms with Gasteiger partial charge in [-0.15, -0.1) is 0 Å². The molecule has 4 aromatic rings. The minimum Gasteiger partial charge on any atom is -0.493 e. The molecule has 0 amide bonds. The molecule has 1 saturated carbocycles. The minimum atomic E-state index is -0.525. The number of H-pyrrole nitrogens is 2. The van der Waals surface area contributed by atoms with Crippen molar-refractivity contribution in [3.63, 3.8) is 0 Å². The smallest absolute Gasteiger partial charge is 0.326 e. The third kappa shape index (κ3) is 3.45. The van der Waals surface area contributed by atoms with Gasteiger partial charge in [-0.2, -0.15) is 19.6 Å². The number of aromatic hydroxyl groups is 1. The van der Waals surface area contributed by atoms with E-state index in [2.05, 4.69) is 35.3 Å². The summed E-state index contributed by atoms with van der Waals surface area (Å²) in [5.41, 5.74) is 1.12. The standard InChI is InChI=1S/C18H15FN8O2/c19-10-1-3-11(4-2-10)21-16-24-14-9(7-13-15(28)25-18(29)23-13)8-20-27(14)17(26-16)22-12-5-6-12/h1-4,7-8,12,28H,5-6H2,(H,21,22,26)(H2,23,25,29)/b9-7+. The van der Waals surface area contributed by atoms with Crippen molar-refractivity contribution < 1.29 is 9.50 Å². The Balaban J connectivity index is 1.67. The molecule has 0 atom stereocenters. The Labute approximate surface area is 161 Å². The molecule has 3 aromatic heterocycles. The first-order valence-electron chi connectivity index (χ1n) is 8.90. The van der Waals surface area contributed by atoms with Gasteiger partial charge >= 0.3 is 5.69 Å². The van der Waals surface area contributed by atoms with Gasteiger partial charge in [-0.1, -0.05) is 0 Å². The van der Waals surface area contributed by atoms with Crippen molar-refractivity contribution in [2.24, 2.45) is 4.99 Å². The van der Waals surface area contributed by atoms with Gasteiger partial charge in [-0.05, 0) is 43.2 Å². The number of imidazole rings is 1. The van der Waals surface area contributed by atoms with E-state index >= 15 is 0 Å². The SMILES string of the molecule is O=c1[nH]c(O)c(/C=c2\cnn3c(=NC4CC4)nc(Nc4ccc(F)cc4)nc23)[nH]1. The summed E-state index contributed by atoms with van der Waals surface area (Å²) in [6.07, 6.45) is 5.07. The molecule has 0 saturated heterocycles. The lowest BCUT2D eigenvalue weighted by Gasteiger charge is -2.05. The summed E-state index contributed by atoms with van der Waals surface area (Å²) in [6.45, 7) is 0. The number of nitrogens with one attached hydrogen (secondary N) is 3. The molecule has 1 fully saturated rings. The first-order chi connectivity index (χ1) is 14.0. The van der Waals surface area contributed by atoms with Crippen LogP contribution in [0.5, 0.6) is 5.88 Å². The molecule has 1 aromatic carbocycles. The van der Waals surface area contributed by atoms with Crippen LogP contribution in [0.1, 0.15) is 18.5 Å². The van der Waals surface area contributed by atoms with Crippen LogP contribution < -0.4 is 21.8 Å². The number of aromatic nitrogens is 6. The van der Waals surface area contributed by atoms with Crippen LogP contribution in [0.15, 0.2) is 40.2 Å². The fraction of sp³-hybridized carbons (Fsp3) is 0.167. The number of hydrogen-bond donors (Lipinski definition) is 4. The van der Waals surface area contributed by atoms with Gasteiger partial charge in [0.25, 0.3) is 5.62 Å². The van der Waals surface area contributed by atoms with E-state index in [-0.39, 0.29) is 29.4 Å². The second kappa shape index (κ2) is 6.55. The lowest BCUT2D eigenvalue weighted by molar-refractivity contribution is 0.454. The monoisotopic (exact) mass is 394 g/mol. The summed E-state index contributed by atoms with van der Waals surface area (Å²) in [6, 6.07) is 6.02. The molecular weight excluding hydrogens is 379 g/mol. The molecule has 0 aliphatic heterocycles. The van der Waals surface area contributed by atoms with E-state index < -0.39 is 5.69 Å². The van der Waals surface area contributed by atoms with Crippen LogP contribution in [0, 0.1) is 5.82 Å². The van der Waals surface area contributed by atoms with Gasteiger partial charge in [0.05, 0.1) is 12.2 Å². The average molecular weight is 394 g/mol. The Hall–Kier alpha value is -4.02. The zero-order chi connectivity index (χ0) is 20.0. The van der Waals surface area contributed by atoms with Crippen LogP contribution in [-0.2, 0) is 0 Å². The maximum absolute atomic E-state index is 13.2. The van der Waals surface area contributed by atoms with Crippen molar-refractivity contribution >= 4 is 23.4 Å². The Bertz CT molecular complexity index is 1380. The van der Waals surface area contributed by atoms with Crippen molar-refractivity contribution in [3.8, 4) is 5.88 Å². The Morgan fingerprint density at radius 3 is 2.72 bits per heavy atom. The van der Waals surface area contributed by atoms with E-state index in [0.717, 1.165) is 12.8 Å². The highest BCUT2D eigenvalue weighted by Crippen LogP contribution is 2.22. The molecule has 0 radical (unpaired) electrons. The Morgan fingerprint density at radius 2 is 2.03 bits per heavy atom. The summed E-state index contributed by atoms with van der Waals surface area (Å²) >= 11 is 0. The number of benzene rings is 1. The molecule has 11 heteroatoms. The summed E-state index contributed by atoms with van der Waals surface area (Å²) in [4.78, 5) is 29.6. The minimum absolute atomic E-state index is 0.202. The van der Waals surface area contributed by atoms with Crippen molar-refractivity contribution in [2.75, 3.05) is 5.32 Å². The summed E-state index contributed by atoms with van der Waals surface area (Å²) in [7, 11) is 0. The third-order valence-corrected chi connectivity index (χ3v) is 4.36. The molecule has 1 aliphatic carbocycles. The first kappa shape index (κ1) is 17.1. The van der Waals surface area contributed by atoms with Gasteiger partial charge in [0.1, 0.15) is 11.5 Å². The number of aromatic amines is 2. The number of nitrogens with zero attached hydrogens (tertiary/aromatic N) is 5. The second-order valence-electron chi connectivity index (χ2n) is 6.66. The van der Waals surface area contributed by atoms with Crippen LogP contribution in [0.2, 0.25) is 0 Å². The number of rotatable bonds is 4. The van der Waals surface area contributed by atoms with Crippen molar-refractivity contribution in [2.45, 2.75) is 18.9 Å². The molecule has 1 aliphatic rings. The van der Waals surface area contributed by atoms with E-state index in [1.807, 2.05) is 0 Å². The highest BCUT2D eigenvalue weighted by atomic mass is 19.1. The normalized spacial score (nSPS) is 15.3. The zero-order valence-electron chi connectivity index (χ0n) is 14.9. The summed E-state index contributed by atoms with van der Waals surface area (Å²) < 4.78 is 14.7. The number of halogens is 1. The molecular formula is C18H15FN8O2. The third-order valence-electron chi connectivity index (χ3n) is 4.36. The quantitative estimate of drug-likeness (QED) is 0.394. The summed E-state index contributed by atoms with van der Waals surface area (Å²) in [5, 5.41) is 17.7. The van der Waals surface area contributed by atoms with Gasteiger partial charge in [0.2, 0.25) is 11.8 Å². The average Bonchev–Trinajstić information content (AvgIpc) is 3.33. The highest BCUT2D eigenvalue weighted by Gasteiger charge is 2.21. The maximum Gasteiger partial charge on any atom is 0.326 e. The van der Waals surface area contributed by atoms with Gasteiger partial charge < -0.3 is 15.4 Å². The fourth-order valence-electron chi connectivity index (χ4n) is 2.80. The molecule has 3 heterocycles. The van der Waals surface area contributed by atoms with Gasteiger partial charge in [-0.3, -0.25) is 4.98 Å². The highest BCUT2D eigenvalue weighted by molar-refractivity contribution is 5.59. The lowest BCUT2D eigenvalue weighted by Crippen LogP contribution is -2.24. The number of hydrogen-bond acceptors (Lipinski definition) is 7. The predicted octanol–water partition coefficient (Wildman–Crippen LogP) is 0.340.